The van der Waals surface area contributed by atoms with Crippen molar-refractivity contribution in [1.29, 1.82) is 0 Å². The highest BCUT2D eigenvalue weighted by molar-refractivity contribution is 7.78. The summed E-state index contributed by atoms with van der Waals surface area (Å²) in [5.41, 5.74) is 0. The highest BCUT2D eigenvalue weighted by atomic mass is 32.1. The molecule has 2 nitrogen and oxygen atoms in total. The summed E-state index contributed by atoms with van der Waals surface area (Å²) in [6, 6.07) is 3.79. The van der Waals surface area contributed by atoms with Gasteiger partial charge in [-0.25, -0.2) is 4.99 Å². The first-order chi connectivity index (χ1) is 5.24. The van der Waals surface area contributed by atoms with E-state index in [1.54, 1.807) is 0 Å². The van der Waals surface area contributed by atoms with Crippen LogP contribution in [0.2, 0.25) is 0 Å². The Morgan fingerprint density at radius 2 is 2.36 bits per heavy atom. The van der Waals surface area contributed by atoms with Gasteiger partial charge in [0.05, 0.1) is 5.16 Å². The Hall–Kier alpha value is -0.920. The number of hydrogen-bond acceptors (Lipinski definition) is 3. The van der Waals surface area contributed by atoms with Gasteiger partial charge in [0.25, 0.3) is 0 Å². The predicted molar refractivity (Wildman–Crippen MR) is 46.9 cm³/mol. The molecule has 0 radical (unpaired) electrons. The van der Waals surface area contributed by atoms with E-state index >= 15 is 0 Å². The van der Waals surface area contributed by atoms with Gasteiger partial charge in [-0.05, 0) is 38.2 Å². The minimum atomic E-state index is -0.0128. The van der Waals surface area contributed by atoms with Crippen LogP contribution in [-0.2, 0) is 0 Å². The van der Waals surface area contributed by atoms with Gasteiger partial charge >= 0.3 is 0 Å². The largest absolute Gasteiger partial charge is 0.464 e. The molecule has 0 aliphatic carbocycles. The first-order valence-electron chi connectivity index (χ1n) is 3.37. The molecule has 1 unspecified atom stereocenters. The smallest absolute Gasteiger partial charge is 0.129 e. The zero-order valence-corrected chi connectivity index (χ0v) is 7.31. The molecule has 1 heterocycles. The molecule has 0 aliphatic heterocycles. The zero-order valence-electron chi connectivity index (χ0n) is 6.50. The lowest BCUT2D eigenvalue weighted by Crippen LogP contribution is -1.83. The number of aryl methyl sites for hydroxylation is 1. The molecule has 0 amide bonds. The summed E-state index contributed by atoms with van der Waals surface area (Å²) in [5, 5.41) is 2.32. The van der Waals surface area contributed by atoms with E-state index in [1.165, 1.54) is 0 Å². The molecule has 11 heavy (non-hydrogen) atoms. The van der Waals surface area contributed by atoms with Crippen LogP contribution in [0.25, 0.3) is 0 Å². The fourth-order valence-electron chi connectivity index (χ4n) is 0.821. The highest BCUT2D eigenvalue weighted by Crippen LogP contribution is 2.18. The molecule has 0 bridgehead atoms. The van der Waals surface area contributed by atoms with E-state index in [1.807, 2.05) is 26.0 Å². The van der Waals surface area contributed by atoms with E-state index in [0.29, 0.717) is 0 Å². The molecule has 1 rings (SSSR count). The first kappa shape index (κ1) is 8.18. The summed E-state index contributed by atoms with van der Waals surface area (Å²) >= 11 is 4.48. The van der Waals surface area contributed by atoms with Crippen LogP contribution in [0.5, 0.6) is 0 Å². The van der Waals surface area contributed by atoms with Crippen LogP contribution in [0.3, 0.4) is 0 Å². The standard InChI is InChI=1S/C8H9NOS/c1-6-3-4-8(10-6)7(2)9-5-11/h3-4,7H,1-2H3. The van der Waals surface area contributed by atoms with Crippen LogP contribution in [0, 0.1) is 6.92 Å². The molecule has 58 valence electrons. The first-order valence-corrected chi connectivity index (χ1v) is 3.78. The fourth-order valence-corrected chi connectivity index (χ4v) is 0.979. The Morgan fingerprint density at radius 1 is 1.64 bits per heavy atom. The van der Waals surface area contributed by atoms with Crippen LogP contribution in [-0.4, -0.2) is 5.16 Å². The second-order valence-electron chi connectivity index (χ2n) is 2.34. The lowest BCUT2D eigenvalue weighted by molar-refractivity contribution is 0.459. The molecule has 0 aromatic carbocycles. The van der Waals surface area contributed by atoms with Gasteiger partial charge in [-0.1, -0.05) is 0 Å². The van der Waals surface area contributed by atoms with Crippen LogP contribution in [0.1, 0.15) is 24.5 Å². The Balaban J connectivity index is 2.84. The molecular formula is C8H9NOS. The third-order valence-electron chi connectivity index (χ3n) is 1.42. The van der Waals surface area contributed by atoms with Crippen molar-refractivity contribution in [2.45, 2.75) is 19.9 Å². The van der Waals surface area contributed by atoms with Crippen LogP contribution in [0.4, 0.5) is 0 Å². The van der Waals surface area contributed by atoms with Gasteiger partial charge in [0.15, 0.2) is 0 Å². The average molecular weight is 167 g/mol. The van der Waals surface area contributed by atoms with E-state index in [2.05, 4.69) is 22.4 Å². The van der Waals surface area contributed by atoms with Crippen molar-refractivity contribution < 1.29 is 4.42 Å². The SMILES string of the molecule is Cc1ccc(C(C)N=C=S)o1. The van der Waals surface area contributed by atoms with Crippen molar-refractivity contribution >= 4 is 17.4 Å². The molecule has 0 fully saturated rings. The molecule has 0 saturated carbocycles. The quantitative estimate of drug-likeness (QED) is 0.500. The van der Waals surface area contributed by atoms with Crippen molar-refractivity contribution in [1.82, 2.24) is 0 Å². The van der Waals surface area contributed by atoms with E-state index in [0.717, 1.165) is 11.5 Å². The van der Waals surface area contributed by atoms with E-state index < -0.39 is 0 Å². The summed E-state index contributed by atoms with van der Waals surface area (Å²) in [4.78, 5) is 3.88. The third kappa shape index (κ3) is 2.00. The van der Waals surface area contributed by atoms with Gasteiger partial charge in [-0.15, -0.1) is 0 Å². The lowest BCUT2D eigenvalue weighted by Gasteiger charge is -1.97. The second kappa shape index (κ2) is 3.46. The zero-order chi connectivity index (χ0) is 8.27. The van der Waals surface area contributed by atoms with Crippen molar-refractivity contribution in [2.24, 2.45) is 4.99 Å². The third-order valence-corrected chi connectivity index (χ3v) is 1.52. The van der Waals surface area contributed by atoms with Gasteiger partial charge < -0.3 is 4.42 Å². The van der Waals surface area contributed by atoms with E-state index in [-0.39, 0.29) is 6.04 Å². The van der Waals surface area contributed by atoms with Gasteiger partial charge in [0.2, 0.25) is 0 Å². The molecule has 0 spiro atoms. The molecule has 1 aromatic rings. The van der Waals surface area contributed by atoms with Crippen molar-refractivity contribution in [3.63, 3.8) is 0 Å². The summed E-state index contributed by atoms with van der Waals surface area (Å²) < 4.78 is 5.32. The van der Waals surface area contributed by atoms with Gasteiger partial charge in [-0.3, -0.25) is 0 Å². The van der Waals surface area contributed by atoms with Crippen LogP contribution < -0.4 is 0 Å². The van der Waals surface area contributed by atoms with Crippen molar-refractivity contribution in [3.8, 4) is 0 Å². The minimum absolute atomic E-state index is 0.0128. The van der Waals surface area contributed by atoms with Crippen molar-refractivity contribution in [3.05, 3.63) is 23.7 Å². The normalized spacial score (nSPS) is 12.2. The van der Waals surface area contributed by atoms with E-state index in [4.69, 9.17) is 4.42 Å². The number of furan rings is 1. The average Bonchev–Trinajstić information content (AvgIpc) is 2.36. The maximum atomic E-state index is 5.32. The molecule has 3 heteroatoms. The van der Waals surface area contributed by atoms with Gasteiger partial charge in [0.1, 0.15) is 17.6 Å². The van der Waals surface area contributed by atoms with Crippen LogP contribution in [0.15, 0.2) is 21.5 Å². The molecular weight excluding hydrogens is 158 g/mol. The Morgan fingerprint density at radius 3 is 2.82 bits per heavy atom. The summed E-state index contributed by atoms with van der Waals surface area (Å²) in [5.74, 6) is 1.73. The van der Waals surface area contributed by atoms with Gasteiger partial charge in [-0.2, -0.15) is 0 Å². The second-order valence-corrected chi connectivity index (χ2v) is 2.53. The molecule has 1 atom stereocenters. The molecule has 0 aliphatic rings. The van der Waals surface area contributed by atoms with Gasteiger partial charge in [0, 0.05) is 0 Å². The van der Waals surface area contributed by atoms with Crippen molar-refractivity contribution in [2.75, 3.05) is 0 Å². The number of hydrogen-bond donors (Lipinski definition) is 0. The monoisotopic (exact) mass is 167 g/mol. The predicted octanol–water partition coefficient (Wildman–Crippen LogP) is 2.75. The fraction of sp³-hybridized carbons (Fsp3) is 0.375. The maximum absolute atomic E-state index is 5.32. The molecule has 0 saturated heterocycles. The highest BCUT2D eigenvalue weighted by Gasteiger charge is 2.05. The number of rotatable bonds is 2. The Bertz CT molecular complexity index is 286. The molecule has 1 aromatic heterocycles. The number of nitrogens with zero attached hydrogens (tertiary/aromatic N) is 1. The van der Waals surface area contributed by atoms with E-state index in [9.17, 15) is 0 Å². The Kier molecular flexibility index (Phi) is 2.58. The minimum Gasteiger partial charge on any atom is -0.464 e. The summed E-state index contributed by atoms with van der Waals surface area (Å²) in [7, 11) is 0. The Labute approximate surface area is 70.9 Å². The topological polar surface area (TPSA) is 25.5 Å². The number of thiocarbonyl (C=S) groups is 1. The number of isothiocyanates is 1. The maximum Gasteiger partial charge on any atom is 0.129 e. The summed E-state index contributed by atoms with van der Waals surface area (Å²) in [6.07, 6.45) is 0. The van der Waals surface area contributed by atoms with Crippen LogP contribution >= 0.6 is 12.2 Å². The molecule has 0 N–H and O–H groups in total. The summed E-state index contributed by atoms with van der Waals surface area (Å²) in [6.45, 7) is 3.81. The lowest BCUT2D eigenvalue weighted by atomic mass is 10.3. The number of aliphatic imine (C=N–C) groups is 1.